The van der Waals surface area contributed by atoms with Gasteiger partial charge in [-0.3, -0.25) is 0 Å². The van der Waals surface area contributed by atoms with Crippen molar-refractivity contribution < 1.29 is 9.50 Å². The zero-order chi connectivity index (χ0) is 13.2. The minimum atomic E-state index is -0.712. The number of hydrogen-bond donors (Lipinski definition) is 1. The zero-order valence-corrected chi connectivity index (χ0v) is 11.4. The number of benzene rings is 1. The second-order valence-electron chi connectivity index (χ2n) is 4.95. The Morgan fingerprint density at radius 3 is 2.11 bits per heavy atom. The molecule has 0 saturated heterocycles. The number of halogens is 1. The zero-order valence-electron chi connectivity index (χ0n) is 11.4. The number of fused-ring (bicyclic) bond motifs is 1. The summed E-state index contributed by atoms with van der Waals surface area (Å²) in [5.41, 5.74) is 2.85. The molecule has 0 heterocycles. The van der Waals surface area contributed by atoms with Crippen molar-refractivity contribution in [2.75, 3.05) is 6.67 Å². The van der Waals surface area contributed by atoms with Gasteiger partial charge in [0.15, 0.2) is 0 Å². The number of aliphatic hydroxyl groups excluding tert-OH is 1. The summed E-state index contributed by atoms with van der Waals surface area (Å²) in [5, 5.41) is 8.89. The Kier molecular flexibility index (Phi) is 7.66. The Balaban J connectivity index is 0.000000217. The molecule has 1 atom stereocenters. The van der Waals surface area contributed by atoms with Crippen LogP contribution in [0.3, 0.4) is 0 Å². The van der Waals surface area contributed by atoms with E-state index in [1.165, 1.54) is 36.8 Å². The summed E-state index contributed by atoms with van der Waals surface area (Å²) in [6.45, 7) is 1.60. The summed E-state index contributed by atoms with van der Waals surface area (Å²) in [4.78, 5) is 0. The predicted octanol–water partition coefficient (Wildman–Crippen LogP) is 4.73. The van der Waals surface area contributed by atoms with Crippen molar-refractivity contribution in [3.05, 3.63) is 24.3 Å². The number of unbranched alkanes of at least 4 members (excludes halogenated alkanes) is 5. The van der Waals surface area contributed by atoms with Gasteiger partial charge in [-0.05, 0) is 23.6 Å². The standard InChI is InChI=1S/C10H21FO.C6H4/c1-2-3-4-5-6-7-8-10(12)9-11;1-2-5-4-6(5)3-1/h10,12H,2-9H2,1H3;1-4H. The summed E-state index contributed by atoms with van der Waals surface area (Å²) in [6, 6.07) is 8.48. The van der Waals surface area contributed by atoms with Gasteiger partial charge < -0.3 is 5.11 Å². The molecule has 18 heavy (non-hydrogen) atoms. The average molecular weight is 252 g/mol. The summed E-state index contributed by atoms with van der Waals surface area (Å²) < 4.78 is 11.8. The molecule has 0 aromatic heterocycles. The minimum absolute atomic E-state index is 0.588. The molecule has 0 saturated carbocycles. The first-order valence-corrected chi connectivity index (χ1v) is 7.12. The van der Waals surface area contributed by atoms with E-state index < -0.39 is 12.8 Å². The average Bonchev–Trinajstić information content (AvgIpc) is 3.00. The van der Waals surface area contributed by atoms with E-state index in [1.54, 1.807) is 0 Å². The van der Waals surface area contributed by atoms with Gasteiger partial charge in [-0.25, -0.2) is 4.39 Å². The van der Waals surface area contributed by atoms with Crippen molar-refractivity contribution in [1.82, 2.24) is 0 Å². The van der Waals surface area contributed by atoms with Crippen LogP contribution in [0.25, 0.3) is 11.1 Å². The number of alkyl halides is 1. The molecule has 0 spiro atoms. The molecule has 0 aromatic rings. The smallest absolute Gasteiger partial charge is 0.115 e. The molecule has 1 nitrogen and oxygen atoms in total. The number of rotatable bonds is 8. The summed E-state index contributed by atoms with van der Waals surface area (Å²) in [6.07, 6.45) is 7.08. The van der Waals surface area contributed by atoms with Gasteiger partial charge in [0.25, 0.3) is 0 Å². The Hall–Kier alpha value is -0.890. The van der Waals surface area contributed by atoms with Crippen LogP contribution in [-0.2, 0) is 0 Å². The predicted molar refractivity (Wildman–Crippen MR) is 75.4 cm³/mol. The third-order valence-electron chi connectivity index (χ3n) is 3.18. The molecular weight excluding hydrogens is 227 g/mol. The second kappa shape index (κ2) is 9.09. The molecule has 2 heteroatoms. The van der Waals surface area contributed by atoms with Crippen LogP contribution in [-0.4, -0.2) is 17.9 Å². The van der Waals surface area contributed by atoms with Crippen molar-refractivity contribution in [2.24, 2.45) is 0 Å². The molecule has 1 N–H and O–H groups in total. The first kappa shape index (κ1) is 15.2. The fraction of sp³-hybridized carbons (Fsp3) is 0.625. The molecule has 0 aliphatic heterocycles. The van der Waals surface area contributed by atoms with E-state index in [0.29, 0.717) is 6.42 Å². The lowest BCUT2D eigenvalue weighted by atomic mass is 10.1. The first-order chi connectivity index (χ1) is 8.77. The van der Waals surface area contributed by atoms with Crippen LogP contribution < -0.4 is 0 Å². The quantitative estimate of drug-likeness (QED) is 0.673. The van der Waals surface area contributed by atoms with Crippen molar-refractivity contribution in [2.45, 2.75) is 58.0 Å². The third kappa shape index (κ3) is 6.75. The number of aliphatic hydroxyl groups is 1. The monoisotopic (exact) mass is 252 g/mol. The molecule has 1 unspecified atom stereocenters. The Morgan fingerprint density at radius 1 is 1.06 bits per heavy atom. The van der Waals surface area contributed by atoms with E-state index in [1.807, 2.05) is 0 Å². The summed E-state index contributed by atoms with van der Waals surface area (Å²) in [7, 11) is 0. The highest BCUT2D eigenvalue weighted by Gasteiger charge is 2.07. The fourth-order valence-electron chi connectivity index (χ4n) is 1.91. The summed E-state index contributed by atoms with van der Waals surface area (Å²) >= 11 is 0. The van der Waals surface area contributed by atoms with Crippen LogP contribution in [0.5, 0.6) is 0 Å². The van der Waals surface area contributed by atoms with Crippen molar-refractivity contribution in [3.8, 4) is 11.1 Å². The van der Waals surface area contributed by atoms with E-state index >= 15 is 0 Å². The van der Waals surface area contributed by atoms with Crippen molar-refractivity contribution in [3.63, 3.8) is 0 Å². The Labute approximate surface area is 110 Å². The van der Waals surface area contributed by atoms with Gasteiger partial charge in [0, 0.05) is 0 Å². The lowest BCUT2D eigenvalue weighted by molar-refractivity contribution is 0.128. The second-order valence-corrected chi connectivity index (χ2v) is 4.95. The molecule has 0 bridgehead atoms. The van der Waals surface area contributed by atoms with Crippen LogP contribution in [0.15, 0.2) is 24.3 Å². The fourth-order valence-corrected chi connectivity index (χ4v) is 1.91. The van der Waals surface area contributed by atoms with E-state index in [4.69, 9.17) is 5.11 Å². The van der Waals surface area contributed by atoms with Gasteiger partial charge in [-0.2, -0.15) is 0 Å². The highest BCUT2D eigenvalue weighted by atomic mass is 19.1. The topological polar surface area (TPSA) is 20.2 Å². The molecule has 2 rings (SSSR count). The Bertz CT molecular complexity index is 307. The van der Waals surface area contributed by atoms with Crippen LogP contribution in [0.1, 0.15) is 51.9 Å². The maximum Gasteiger partial charge on any atom is 0.115 e. The third-order valence-corrected chi connectivity index (χ3v) is 3.18. The number of hydrogen-bond acceptors (Lipinski definition) is 1. The van der Waals surface area contributed by atoms with Crippen molar-refractivity contribution in [1.29, 1.82) is 0 Å². The normalized spacial score (nSPS) is 12.6. The van der Waals surface area contributed by atoms with E-state index in [2.05, 4.69) is 31.2 Å². The minimum Gasteiger partial charge on any atom is -0.390 e. The van der Waals surface area contributed by atoms with Gasteiger partial charge in [0.05, 0.1) is 6.10 Å². The molecule has 0 amide bonds. The maximum absolute atomic E-state index is 11.8. The highest BCUT2D eigenvalue weighted by Crippen LogP contribution is 2.32. The SMILES string of the molecule is CCCCCCCCC(O)CF.c1cc2cc-2c1. The van der Waals surface area contributed by atoms with Crippen LogP contribution in [0.4, 0.5) is 4.39 Å². The molecule has 2 aliphatic rings. The molecule has 102 valence electrons. The van der Waals surface area contributed by atoms with E-state index in [9.17, 15) is 4.39 Å². The van der Waals surface area contributed by atoms with Gasteiger partial charge in [0.1, 0.15) is 6.67 Å². The molecule has 0 radical (unpaired) electrons. The van der Waals surface area contributed by atoms with E-state index in [0.717, 1.165) is 12.8 Å². The molecule has 0 aromatic carbocycles. The van der Waals surface area contributed by atoms with Gasteiger partial charge in [0.2, 0.25) is 0 Å². The van der Waals surface area contributed by atoms with Gasteiger partial charge in [-0.1, -0.05) is 63.6 Å². The van der Waals surface area contributed by atoms with Gasteiger partial charge >= 0.3 is 0 Å². The van der Waals surface area contributed by atoms with Crippen LogP contribution in [0.2, 0.25) is 0 Å². The van der Waals surface area contributed by atoms with Crippen LogP contribution in [0, 0.1) is 0 Å². The lowest BCUT2D eigenvalue weighted by Gasteiger charge is -2.04. The van der Waals surface area contributed by atoms with E-state index in [-0.39, 0.29) is 0 Å². The maximum atomic E-state index is 11.8. The largest absolute Gasteiger partial charge is 0.390 e. The van der Waals surface area contributed by atoms with Gasteiger partial charge in [-0.15, -0.1) is 0 Å². The van der Waals surface area contributed by atoms with Crippen molar-refractivity contribution >= 4 is 0 Å². The molecule has 2 aliphatic carbocycles. The van der Waals surface area contributed by atoms with Crippen LogP contribution >= 0.6 is 0 Å². The Morgan fingerprint density at radius 2 is 1.67 bits per heavy atom. The highest BCUT2D eigenvalue weighted by molar-refractivity contribution is 5.80. The first-order valence-electron chi connectivity index (χ1n) is 7.12. The summed E-state index contributed by atoms with van der Waals surface area (Å²) in [5.74, 6) is 0. The molecular formula is C16H25FO. The molecule has 0 fully saturated rings. The lowest BCUT2D eigenvalue weighted by Crippen LogP contribution is -2.07.